The highest BCUT2D eigenvalue weighted by Crippen LogP contribution is 2.09. The van der Waals surface area contributed by atoms with Crippen LogP contribution in [0.2, 0.25) is 5.02 Å². The standard InChI is InChI=1S/C15H14ClN3O3S/c16-11-5-3-10(4-6-11)8-13(20)18-19-14(21)9-17-15(22)12-2-1-7-23-12/h1-7H,8-9H2,(H,17,22)(H,18,20)(H,19,21). The first-order valence-corrected chi connectivity index (χ1v) is 7.94. The number of carbonyl (C=O) groups excluding carboxylic acids is 3. The molecule has 0 atom stereocenters. The Morgan fingerprint density at radius 2 is 1.70 bits per heavy atom. The third-order valence-corrected chi connectivity index (χ3v) is 3.89. The van der Waals surface area contributed by atoms with E-state index in [0.29, 0.717) is 9.90 Å². The quantitative estimate of drug-likeness (QED) is 0.714. The summed E-state index contributed by atoms with van der Waals surface area (Å²) >= 11 is 7.04. The zero-order valence-electron chi connectivity index (χ0n) is 12.0. The SMILES string of the molecule is O=C(CNC(=O)c1cccs1)NNC(=O)Cc1ccc(Cl)cc1. The van der Waals surface area contributed by atoms with Crippen LogP contribution in [0, 0.1) is 0 Å². The molecule has 6 nitrogen and oxygen atoms in total. The van der Waals surface area contributed by atoms with Crippen molar-refractivity contribution in [2.24, 2.45) is 0 Å². The summed E-state index contributed by atoms with van der Waals surface area (Å²) < 4.78 is 0. The van der Waals surface area contributed by atoms with Gasteiger partial charge >= 0.3 is 0 Å². The number of hydrazine groups is 1. The van der Waals surface area contributed by atoms with Gasteiger partial charge in [0.25, 0.3) is 11.8 Å². The Bertz CT molecular complexity index is 687. The maximum Gasteiger partial charge on any atom is 0.261 e. The third-order valence-electron chi connectivity index (χ3n) is 2.77. The van der Waals surface area contributed by atoms with Crippen LogP contribution in [-0.4, -0.2) is 24.3 Å². The lowest BCUT2D eigenvalue weighted by molar-refractivity contribution is -0.128. The van der Waals surface area contributed by atoms with Crippen molar-refractivity contribution in [1.29, 1.82) is 0 Å². The average molecular weight is 352 g/mol. The van der Waals surface area contributed by atoms with E-state index < -0.39 is 5.91 Å². The van der Waals surface area contributed by atoms with Gasteiger partial charge in [0, 0.05) is 5.02 Å². The number of carbonyl (C=O) groups is 3. The van der Waals surface area contributed by atoms with E-state index in [2.05, 4.69) is 16.2 Å². The molecule has 0 aliphatic rings. The average Bonchev–Trinajstić information content (AvgIpc) is 3.07. The second-order valence-electron chi connectivity index (χ2n) is 4.56. The normalized spacial score (nSPS) is 9.96. The highest BCUT2D eigenvalue weighted by atomic mass is 35.5. The van der Waals surface area contributed by atoms with Crippen LogP contribution < -0.4 is 16.2 Å². The first-order valence-electron chi connectivity index (χ1n) is 6.68. The minimum absolute atomic E-state index is 0.110. The van der Waals surface area contributed by atoms with Gasteiger partial charge < -0.3 is 5.32 Å². The maximum atomic E-state index is 11.7. The van der Waals surface area contributed by atoms with Gasteiger partial charge in [-0.1, -0.05) is 29.8 Å². The summed E-state index contributed by atoms with van der Waals surface area (Å²) in [7, 11) is 0. The molecule has 0 aliphatic heterocycles. The van der Waals surface area contributed by atoms with Gasteiger partial charge in [0.1, 0.15) is 0 Å². The molecule has 0 radical (unpaired) electrons. The number of hydrogen-bond acceptors (Lipinski definition) is 4. The first kappa shape index (κ1) is 17.0. The molecular weight excluding hydrogens is 338 g/mol. The fourth-order valence-corrected chi connectivity index (χ4v) is 2.44. The second-order valence-corrected chi connectivity index (χ2v) is 5.94. The molecule has 1 heterocycles. The van der Waals surface area contributed by atoms with Crippen molar-refractivity contribution < 1.29 is 14.4 Å². The van der Waals surface area contributed by atoms with Crippen molar-refractivity contribution in [3.05, 3.63) is 57.2 Å². The summed E-state index contributed by atoms with van der Waals surface area (Å²) in [5, 5.41) is 4.81. The van der Waals surface area contributed by atoms with Crippen molar-refractivity contribution in [1.82, 2.24) is 16.2 Å². The van der Waals surface area contributed by atoms with Crippen LogP contribution in [0.5, 0.6) is 0 Å². The summed E-state index contributed by atoms with van der Waals surface area (Å²) in [5.41, 5.74) is 5.29. The third kappa shape index (κ3) is 5.72. The summed E-state index contributed by atoms with van der Waals surface area (Å²) in [6, 6.07) is 10.2. The number of nitrogens with one attached hydrogen (secondary N) is 3. The van der Waals surface area contributed by atoms with Crippen LogP contribution in [-0.2, 0) is 16.0 Å². The number of thiophene rings is 1. The lowest BCUT2D eigenvalue weighted by Gasteiger charge is -2.08. The molecular formula is C15H14ClN3O3S. The van der Waals surface area contributed by atoms with Gasteiger partial charge in [0.2, 0.25) is 5.91 Å². The van der Waals surface area contributed by atoms with Crippen molar-refractivity contribution in [2.45, 2.75) is 6.42 Å². The van der Waals surface area contributed by atoms with Gasteiger partial charge in [-0.2, -0.15) is 0 Å². The molecule has 0 saturated carbocycles. The molecule has 0 aliphatic carbocycles. The molecule has 0 fully saturated rings. The van der Waals surface area contributed by atoms with E-state index in [1.807, 2.05) is 0 Å². The Hall–Kier alpha value is -2.38. The zero-order valence-corrected chi connectivity index (χ0v) is 13.5. The van der Waals surface area contributed by atoms with Crippen molar-refractivity contribution in [2.75, 3.05) is 6.54 Å². The molecule has 23 heavy (non-hydrogen) atoms. The number of rotatable bonds is 5. The molecule has 0 saturated heterocycles. The predicted octanol–water partition coefficient (Wildman–Crippen LogP) is 1.52. The number of hydrogen-bond donors (Lipinski definition) is 3. The van der Waals surface area contributed by atoms with Gasteiger partial charge in [-0.25, -0.2) is 0 Å². The monoisotopic (exact) mass is 351 g/mol. The minimum atomic E-state index is -0.514. The summed E-state index contributed by atoms with van der Waals surface area (Å²) in [4.78, 5) is 35.4. The lowest BCUT2D eigenvalue weighted by Crippen LogP contribution is -2.46. The summed E-state index contributed by atoms with van der Waals surface area (Å²) in [5.74, 6) is -1.22. The summed E-state index contributed by atoms with van der Waals surface area (Å²) in [6.45, 7) is -0.224. The molecule has 2 rings (SSSR count). The molecule has 120 valence electrons. The van der Waals surface area contributed by atoms with Gasteiger partial charge in [-0.05, 0) is 29.1 Å². The van der Waals surface area contributed by atoms with Crippen molar-refractivity contribution in [3.63, 3.8) is 0 Å². The largest absolute Gasteiger partial charge is 0.342 e. The van der Waals surface area contributed by atoms with E-state index in [0.717, 1.165) is 5.56 Å². The van der Waals surface area contributed by atoms with Crippen LogP contribution in [0.25, 0.3) is 0 Å². The summed E-state index contributed by atoms with van der Waals surface area (Å²) in [6.07, 6.45) is 0.110. The second kappa shape index (κ2) is 8.30. The van der Waals surface area contributed by atoms with Crippen molar-refractivity contribution >= 4 is 40.7 Å². The molecule has 1 aromatic heterocycles. The molecule has 8 heteroatoms. The topological polar surface area (TPSA) is 87.3 Å². The van der Waals surface area contributed by atoms with E-state index in [1.165, 1.54) is 11.3 Å². The van der Waals surface area contributed by atoms with Crippen LogP contribution in [0.4, 0.5) is 0 Å². The number of amides is 3. The van der Waals surface area contributed by atoms with Crippen LogP contribution >= 0.6 is 22.9 Å². The Labute approximate surface area is 141 Å². The Kier molecular flexibility index (Phi) is 6.13. The molecule has 0 spiro atoms. The Balaban J connectivity index is 1.68. The van der Waals surface area contributed by atoms with E-state index in [4.69, 9.17) is 11.6 Å². The number of halogens is 1. The van der Waals surface area contributed by atoms with Gasteiger partial charge in [-0.3, -0.25) is 25.2 Å². The minimum Gasteiger partial charge on any atom is -0.342 e. The highest BCUT2D eigenvalue weighted by molar-refractivity contribution is 7.12. The molecule has 0 bridgehead atoms. The van der Waals surface area contributed by atoms with Gasteiger partial charge in [0.15, 0.2) is 0 Å². The Morgan fingerprint density at radius 3 is 2.35 bits per heavy atom. The van der Waals surface area contributed by atoms with E-state index >= 15 is 0 Å². The predicted molar refractivity (Wildman–Crippen MR) is 88.1 cm³/mol. The van der Waals surface area contributed by atoms with Gasteiger partial charge in [0.05, 0.1) is 17.8 Å². The molecule has 3 N–H and O–H groups in total. The molecule has 0 unspecified atom stereocenters. The van der Waals surface area contributed by atoms with Crippen molar-refractivity contribution in [3.8, 4) is 0 Å². The molecule has 2 aromatic rings. The lowest BCUT2D eigenvalue weighted by atomic mass is 10.1. The van der Waals surface area contributed by atoms with Crippen LogP contribution in [0.15, 0.2) is 41.8 Å². The van der Waals surface area contributed by atoms with E-state index in [1.54, 1.807) is 41.8 Å². The molecule has 3 amide bonds. The molecule has 1 aromatic carbocycles. The van der Waals surface area contributed by atoms with Crippen LogP contribution in [0.1, 0.15) is 15.2 Å². The fraction of sp³-hybridized carbons (Fsp3) is 0.133. The number of benzene rings is 1. The smallest absolute Gasteiger partial charge is 0.261 e. The van der Waals surface area contributed by atoms with E-state index in [9.17, 15) is 14.4 Å². The van der Waals surface area contributed by atoms with E-state index in [-0.39, 0.29) is 24.8 Å². The first-order chi connectivity index (χ1) is 11.0. The fourth-order valence-electron chi connectivity index (χ4n) is 1.67. The highest BCUT2D eigenvalue weighted by Gasteiger charge is 2.09. The zero-order chi connectivity index (χ0) is 16.7. The Morgan fingerprint density at radius 1 is 1.00 bits per heavy atom. The van der Waals surface area contributed by atoms with Gasteiger partial charge in [-0.15, -0.1) is 11.3 Å². The van der Waals surface area contributed by atoms with Crippen LogP contribution in [0.3, 0.4) is 0 Å². The maximum absolute atomic E-state index is 11.7.